The molecule has 0 atom stereocenters. The van der Waals surface area contributed by atoms with Crippen LogP contribution in [-0.4, -0.2) is 16.7 Å². The number of hydrogen-bond donors (Lipinski definition) is 0. The van der Waals surface area contributed by atoms with Crippen LogP contribution in [-0.2, 0) is 4.79 Å². The number of carbonyl (C=O) groups excluding carboxylic acids is 1. The largest absolute Gasteiger partial charge is 0.311 e. The van der Waals surface area contributed by atoms with Gasteiger partial charge in [-0.15, -0.1) is 0 Å². The van der Waals surface area contributed by atoms with E-state index in [4.69, 9.17) is 34.8 Å². The summed E-state index contributed by atoms with van der Waals surface area (Å²) in [5, 5.41) is 0. The van der Waals surface area contributed by atoms with Crippen molar-refractivity contribution < 1.29 is 4.79 Å². The number of carbonyl (C=O) groups is 1. The van der Waals surface area contributed by atoms with Crippen molar-refractivity contribution >= 4 is 52.5 Å². The number of hydrogen-bond acceptors (Lipinski definition) is 1. The monoisotopic (exact) mass is 277 g/mol. The Labute approximate surface area is 109 Å². The van der Waals surface area contributed by atoms with Crippen LogP contribution in [0.15, 0.2) is 30.8 Å². The van der Waals surface area contributed by atoms with Crippen LogP contribution in [0.5, 0.6) is 0 Å². The van der Waals surface area contributed by atoms with E-state index in [-0.39, 0.29) is 0 Å². The Morgan fingerprint density at radius 3 is 2.44 bits per heavy atom. The fourth-order valence-corrected chi connectivity index (χ4v) is 1.65. The first-order valence-corrected chi connectivity index (χ1v) is 5.57. The van der Waals surface area contributed by atoms with Crippen LogP contribution in [0.2, 0.25) is 0 Å². The Balaban J connectivity index is 3.10. The van der Waals surface area contributed by atoms with Gasteiger partial charge in [0.1, 0.15) is 0 Å². The normalized spacial score (nSPS) is 11.0. The molecule has 0 aromatic heterocycles. The summed E-state index contributed by atoms with van der Waals surface area (Å²) in [5.41, 5.74) is 1.45. The minimum atomic E-state index is -1.96. The molecule has 2 nitrogen and oxygen atoms in total. The zero-order valence-electron chi connectivity index (χ0n) is 8.58. The fourth-order valence-electron chi connectivity index (χ4n) is 1.27. The Morgan fingerprint density at radius 1 is 1.38 bits per heavy atom. The minimum absolute atomic E-state index is 0.605. The van der Waals surface area contributed by atoms with Gasteiger partial charge in [0.2, 0.25) is 0 Å². The molecule has 1 aromatic rings. The zero-order valence-corrected chi connectivity index (χ0v) is 10.9. The number of halogens is 3. The second kappa shape index (κ2) is 5.09. The van der Waals surface area contributed by atoms with E-state index in [1.165, 1.54) is 4.90 Å². The Bertz CT molecular complexity index is 412. The first kappa shape index (κ1) is 13.4. The van der Waals surface area contributed by atoms with Crippen molar-refractivity contribution in [1.82, 2.24) is 0 Å². The lowest BCUT2D eigenvalue weighted by molar-refractivity contribution is -0.117. The lowest BCUT2D eigenvalue weighted by Gasteiger charge is -2.23. The van der Waals surface area contributed by atoms with Gasteiger partial charge in [0, 0.05) is 7.05 Å². The highest BCUT2D eigenvalue weighted by Crippen LogP contribution is 2.31. The van der Waals surface area contributed by atoms with Crippen LogP contribution >= 0.6 is 34.8 Å². The molecular weight excluding hydrogens is 268 g/mol. The summed E-state index contributed by atoms with van der Waals surface area (Å²) < 4.78 is -1.96. The second-order valence-electron chi connectivity index (χ2n) is 3.12. The number of rotatable bonds is 2. The van der Waals surface area contributed by atoms with Crippen LogP contribution in [0.3, 0.4) is 0 Å². The zero-order chi connectivity index (χ0) is 12.3. The third-order valence-corrected chi connectivity index (χ3v) is 2.55. The van der Waals surface area contributed by atoms with Crippen LogP contribution in [0, 0.1) is 0 Å². The minimum Gasteiger partial charge on any atom is -0.311 e. The van der Waals surface area contributed by atoms with E-state index in [1.807, 2.05) is 12.1 Å². The summed E-state index contributed by atoms with van der Waals surface area (Å²) in [4.78, 5) is 13.0. The van der Waals surface area contributed by atoms with Crippen LogP contribution in [0.1, 0.15) is 5.56 Å². The van der Waals surface area contributed by atoms with Crippen molar-refractivity contribution in [2.45, 2.75) is 3.79 Å². The molecule has 1 rings (SSSR count). The summed E-state index contributed by atoms with van der Waals surface area (Å²) in [6.07, 6.45) is 1.64. The highest BCUT2D eigenvalue weighted by molar-refractivity contribution is 6.76. The summed E-state index contributed by atoms with van der Waals surface area (Å²) in [6.45, 7) is 3.66. The molecule has 0 saturated carbocycles. The number of nitrogens with zero attached hydrogens (tertiary/aromatic N) is 1. The maximum absolute atomic E-state index is 11.7. The Kier molecular flexibility index (Phi) is 4.25. The molecule has 0 N–H and O–H groups in total. The van der Waals surface area contributed by atoms with Crippen LogP contribution in [0.4, 0.5) is 5.69 Å². The SMILES string of the molecule is C=Cc1ccccc1N(C)C(=O)C(Cl)(Cl)Cl. The molecule has 0 heterocycles. The van der Waals surface area contributed by atoms with Gasteiger partial charge in [0.25, 0.3) is 9.70 Å². The number of alkyl halides is 3. The molecule has 0 fully saturated rings. The van der Waals surface area contributed by atoms with Gasteiger partial charge in [-0.25, -0.2) is 0 Å². The Morgan fingerprint density at radius 2 is 1.94 bits per heavy atom. The van der Waals surface area contributed by atoms with E-state index in [0.29, 0.717) is 5.69 Å². The molecule has 1 aromatic carbocycles. The number of amides is 1. The quantitative estimate of drug-likeness (QED) is 0.756. The molecule has 86 valence electrons. The predicted molar refractivity (Wildman–Crippen MR) is 70.2 cm³/mol. The standard InChI is InChI=1S/C11H10Cl3NO/c1-3-8-6-4-5-7-9(8)15(2)10(16)11(12,13)14/h3-7H,1H2,2H3. The van der Waals surface area contributed by atoms with Gasteiger partial charge in [-0.2, -0.15) is 0 Å². The molecule has 16 heavy (non-hydrogen) atoms. The average molecular weight is 279 g/mol. The topological polar surface area (TPSA) is 20.3 Å². The highest BCUT2D eigenvalue weighted by Gasteiger charge is 2.34. The van der Waals surface area contributed by atoms with Gasteiger partial charge in [0.05, 0.1) is 5.69 Å². The van der Waals surface area contributed by atoms with Gasteiger partial charge in [-0.3, -0.25) is 4.79 Å². The van der Waals surface area contributed by atoms with Crippen molar-refractivity contribution in [3.63, 3.8) is 0 Å². The van der Waals surface area contributed by atoms with Crippen molar-refractivity contribution in [2.75, 3.05) is 11.9 Å². The van der Waals surface area contributed by atoms with Crippen LogP contribution in [0.25, 0.3) is 6.08 Å². The molecule has 0 aliphatic heterocycles. The molecule has 0 unspecified atom stereocenters. The summed E-state index contributed by atoms with van der Waals surface area (Å²) >= 11 is 16.6. The lowest BCUT2D eigenvalue weighted by Crippen LogP contribution is -2.36. The van der Waals surface area contributed by atoms with Gasteiger partial charge in [0.15, 0.2) is 0 Å². The van der Waals surface area contributed by atoms with E-state index >= 15 is 0 Å². The summed E-state index contributed by atoms with van der Waals surface area (Å²) in [7, 11) is 1.55. The smallest absolute Gasteiger partial charge is 0.278 e. The van der Waals surface area contributed by atoms with E-state index in [1.54, 1.807) is 25.3 Å². The highest BCUT2D eigenvalue weighted by atomic mass is 35.6. The molecule has 1 amide bonds. The van der Waals surface area contributed by atoms with Crippen molar-refractivity contribution in [3.8, 4) is 0 Å². The molecule has 5 heteroatoms. The van der Waals surface area contributed by atoms with Crippen LogP contribution < -0.4 is 4.90 Å². The first-order valence-electron chi connectivity index (χ1n) is 4.44. The molecule has 0 radical (unpaired) electrons. The van der Waals surface area contributed by atoms with Gasteiger partial charge in [-0.1, -0.05) is 65.7 Å². The van der Waals surface area contributed by atoms with E-state index in [9.17, 15) is 4.79 Å². The summed E-state index contributed by atoms with van der Waals surface area (Å²) in [5.74, 6) is -0.605. The number of benzene rings is 1. The van der Waals surface area contributed by atoms with Crippen molar-refractivity contribution in [2.24, 2.45) is 0 Å². The van der Waals surface area contributed by atoms with E-state index in [2.05, 4.69) is 6.58 Å². The fraction of sp³-hybridized carbons (Fsp3) is 0.182. The van der Waals surface area contributed by atoms with E-state index < -0.39 is 9.70 Å². The summed E-state index contributed by atoms with van der Waals surface area (Å²) in [6, 6.07) is 7.22. The molecule has 0 saturated heterocycles. The molecular formula is C11H10Cl3NO. The van der Waals surface area contributed by atoms with E-state index in [0.717, 1.165) is 5.56 Å². The maximum atomic E-state index is 11.7. The average Bonchev–Trinajstić information content (AvgIpc) is 2.25. The first-order chi connectivity index (χ1) is 7.38. The molecule has 0 aliphatic carbocycles. The van der Waals surface area contributed by atoms with Crippen molar-refractivity contribution in [3.05, 3.63) is 36.4 Å². The van der Waals surface area contributed by atoms with Gasteiger partial charge in [-0.05, 0) is 11.6 Å². The second-order valence-corrected chi connectivity index (χ2v) is 5.41. The Hall–Kier alpha value is -0.700. The molecule has 0 aliphatic rings. The lowest BCUT2D eigenvalue weighted by atomic mass is 10.1. The number of para-hydroxylation sites is 1. The molecule has 0 spiro atoms. The third kappa shape index (κ3) is 2.91. The maximum Gasteiger partial charge on any atom is 0.278 e. The van der Waals surface area contributed by atoms with Gasteiger partial charge >= 0.3 is 0 Å². The predicted octanol–water partition coefficient (Wildman–Crippen LogP) is 3.66. The van der Waals surface area contributed by atoms with Crippen molar-refractivity contribution in [1.29, 1.82) is 0 Å². The molecule has 0 bridgehead atoms. The van der Waals surface area contributed by atoms with Gasteiger partial charge < -0.3 is 4.90 Å². The third-order valence-electron chi connectivity index (χ3n) is 2.07. The number of anilines is 1.